The molecule has 0 atom stereocenters. The predicted molar refractivity (Wildman–Crippen MR) is 89.8 cm³/mol. The van der Waals surface area contributed by atoms with Gasteiger partial charge in [0.1, 0.15) is 5.82 Å². The van der Waals surface area contributed by atoms with Crippen LogP contribution in [-0.2, 0) is 12.3 Å². The number of anilines is 1. The number of alkyl halides is 1. The third kappa shape index (κ3) is 5.70. The Labute approximate surface area is 129 Å². The Morgan fingerprint density at radius 2 is 1.65 bits per heavy atom. The molecule has 0 saturated heterocycles. The van der Waals surface area contributed by atoms with Crippen molar-refractivity contribution in [3.8, 4) is 0 Å². The SMILES string of the molecule is CCCCN(CCCC)c1cc(CCl)cc(CCC)n1. The topological polar surface area (TPSA) is 16.1 Å². The maximum atomic E-state index is 6.04. The molecular formula is C17H29ClN2. The monoisotopic (exact) mass is 296 g/mol. The van der Waals surface area contributed by atoms with Crippen LogP contribution < -0.4 is 4.90 Å². The summed E-state index contributed by atoms with van der Waals surface area (Å²) in [7, 11) is 0. The Morgan fingerprint density at radius 1 is 1.00 bits per heavy atom. The Balaban J connectivity index is 2.93. The Morgan fingerprint density at radius 3 is 2.15 bits per heavy atom. The van der Waals surface area contributed by atoms with Crippen LogP contribution in [0.2, 0.25) is 0 Å². The number of unbranched alkanes of at least 4 members (excludes halogenated alkanes) is 2. The lowest BCUT2D eigenvalue weighted by Crippen LogP contribution is -2.27. The summed E-state index contributed by atoms with van der Waals surface area (Å²) < 4.78 is 0. The van der Waals surface area contributed by atoms with Gasteiger partial charge in [0.15, 0.2) is 0 Å². The minimum atomic E-state index is 0.571. The number of halogens is 1. The van der Waals surface area contributed by atoms with Gasteiger partial charge in [0.25, 0.3) is 0 Å². The molecule has 20 heavy (non-hydrogen) atoms. The number of rotatable bonds is 10. The molecule has 0 saturated carbocycles. The minimum absolute atomic E-state index is 0.571. The Hall–Kier alpha value is -0.760. The van der Waals surface area contributed by atoms with Gasteiger partial charge in [-0.05, 0) is 37.0 Å². The quantitative estimate of drug-likeness (QED) is 0.553. The summed E-state index contributed by atoms with van der Waals surface area (Å²) in [5.41, 5.74) is 2.37. The normalized spacial score (nSPS) is 10.8. The Bertz CT molecular complexity index is 371. The standard InChI is InChI=1S/C17H29ClN2/c1-4-7-10-20(11-8-5-2)17-13-15(14-18)12-16(19-17)9-6-3/h12-13H,4-11,14H2,1-3H3. The number of aromatic nitrogens is 1. The number of hydrogen-bond donors (Lipinski definition) is 0. The fraction of sp³-hybridized carbons (Fsp3) is 0.706. The van der Waals surface area contributed by atoms with Crippen LogP contribution in [0.15, 0.2) is 12.1 Å². The zero-order valence-corrected chi connectivity index (χ0v) is 14.0. The molecule has 0 aliphatic heterocycles. The molecule has 1 rings (SSSR count). The minimum Gasteiger partial charge on any atom is -0.357 e. The fourth-order valence-corrected chi connectivity index (χ4v) is 2.45. The van der Waals surface area contributed by atoms with Crippen molar-refractivity contribution in [3.05, 3.63) is 23.4 Å². The van der Waals surface area contributed by atoms with E-state index in [1.807, 2.05) is 0 Å². The molecule has 0 N–H and O–H groups in total. The van der Waals surface area contributed by atoms with Crippen LogP contribution in [0.25, 0.3) is 0 Å². The van der Waals surface area contributed by atoms with E-state index in [-0.39, 0.29) is 0 Å². The maximum Gasteiger partial charge on any atom is 0.129 e. The first-order valence-electron chi connectivity index (χ1n) is 8.05. The molecule has 0 aliphatic rings. The molecule has 0 amide bonds. The summed E-state index contributed by atoms with van der Waals surface area (Å²) in [6, 6.07) is 4.31. The zero-order chi connectivity index (χ0) is 14.8. The molecule has 114 valence electrons. The van der Waals surface area contributed by atoms with Crippen molar-refractivity contribution in [2.45, 2.75) is 65.2 Å². The van der Waals surface area contributed by atoms with E-state index in [1.54, 1.807) is 0 Å². The predicted octanol–water partition coefficient (Wildman–Crippen LogP) is 5.18. The smallest absolute Gasteiger partial charge is 0.129 e. The van der Waals surface area contributed by atoms with Gasteiger partial charge in [0, 0.05) is 24.7 Å². The second kappa shape index (κ2) is 10.0. The first kappa shape index (κ1) is 17.3. The summed E-state index contributed by atoms with van der Waals surface area (Å²) in [6.45, 7) is 8.87. The van der Waals surface area contributed by atoms with Crippen LogP contribution >= 0.6 is 11.6 Å². The largest absolute Gasteiger partial charge is 0.357 e. The molecule has 0 unspecified atom stereocenters. The van der Waals surface area contributed by atoms with Crippen molar-refractivity contribution in [3.63, 3.8) is 0 Å². The van der Waals surface area contributed by atoms with Crippen LogP contribution in [0.5, 0.6) is 0 Å². The van der Waals surface area contributed by atoms with Crippen LogP contribution in [0.4, 0.5) is 5.82 Å². The van der Waals surface area contributed by atoms with Crippen LogP contribution in [0.3, 0.4) is 0 Å². The van der Waals surface area contributed by atoms with Gasteiger partial charge >= 0.3 is 0 Å². The molecule has 0 aliphatic carbocycles. The number of nitrogens with zero attached hydrogens (tertiary/aromatic N) is 2. The van der Waals surface area contributed by atoms with Crippen molar-refractivity contribution in [2.24, 2.45) is 0 Å². The lowest BCUT2D eigenvalue weighted by atomic mass is 10.1. The molecule has 3 heteroatoms. The van der Waals surface area contributed by atoms with Gasteiger partial charge in [-0.3, -0.25) is 0 Å². The fourth-order valence-electron chi connectivity index (χ4n) is 2.30. The van der Waals surface area contributed by atoms with Gasteiger partial charge in [-0.25, -0.2) is 4.98 Å². The third-order valence-corrected chi connectivity index (χ3v) is 3.78. The third-order valence-electron chi connectivity index (χ3n) is 3.47. The van der Waals surface area contributed by atoms with E-state index >= 15 is 0 Å². The van der Waals surface area contributed by atoms with E-state index in [4.69, 9.17) is 16.6 Å². The van der Waals surface area contributed by atoms with Gasteiger partial charge in [-0.1, -0.05) is 40.0 Å². The van der Waals surface area contributed by atoms with E-state index < -0.39 is 0 Å². The van der Waals surface area contributed by atoms with Gasteiger partial charge in [-0.15, -0.1) is 11.6 Å². The van der Waals surface area contributed by atoms with E-state index in [0.717, 1.165) is 31.7 Å². The second-order valence-corrected chi connectivity index (χ2v) is 5.67. The molecule has 0 spiro atoms. The summed E-state index contributed by atoms with van der Waals surface area (Å²) >= 11 is 6.04. The van der Waals surface area contributed by atoms with Crippen molar-refractivity contribution >= 4 is 17.4 Å². The molecule has 1 heterocycles. The molecule has 0 fully saturated rings. The van der Waals surface area contributed by atoms with E-state index in [9.17, 15) is 0 Å². The maximum absolute atomic E-state index is 6.04. The number of pyridine rings is 1. The molecule has 0 bridgehead atoms. The van der Waals surface area contributed by atoms with E-state index in [2.05, 4.69) is 37.8 Å². The summed E-state index contributed by atoms with van der Waals surface area (Å²) in [6.07, 6.45) is 7.05. The van der Waals surface area contributed by atoms with Crippen molar-refractivity contribution < 1.29 is 0 Å². The highest BCUT2D eigenvalue weighted by Crippen LogP contribution is 2.19. The highest BCUT2D eigenvalue weighted by atomic mass is 35.5. The highest BCUT2D eigenvalue weighted by molar-refractivity contribution is 6.17. The average Bonchev–Trinajstić information content (AvgIpc) is 2.47. The first-order valence-corrected chi connectivity index (χ1v) is 8.59. The van der Waals surface area contributed by atoms with Crippen molar-refractivity contribution in [1.29, 1.82) is 0 Å². The first-order chi connectivity index (χ1) is 9.74. The second-order valence-electron chi connectivity index (χ2n) is 5.40. The van der Waals surface area contributed by atoms with Crippen molar-refractivity contribution in [1.82, 2.24) is 4.98 Å². The molecular weight excluding hydrogens is 268 g/mol. The summed E-state index contributed by atoms with van der Waals surface area (Å²) in [5.74, 6) is 1.69. The van der Waals surface area contributed by atoms with Crippen LogP contribution in [-0.4, -0.2) is 18.1 Å². The highest BCUT2D eigenvalue weighted by Gasteiger charge is 2.10. The summed E-state index contributed by atoms with van der Waals surface area (Å²) in [5, 5.41) is 0. The molecule has 0 aromatic carbocycles. The number of aryl methyl sites for hydroxylation is 1. The lowest BCUT2D eigenvalue weighted by molar-refractivity contribution is 0.669. The van der Waals surface area contributed by atoms with Crippen molar-refractivity contribution in [2.75, 3.05) is 18.0 Å². The zero-order valence-electron chi connectivity index (χ0n) is 13.3. The molecule has 1 aromatic heterocycles. The van der Waals surface area contributed by atoms with E-state index in [0.29, 0.717) is 5.88 Å². The van der Waals surface area contributed by atoms with Crippen LogP contribution in [0, 0.1) is 0 Å². The molecule has 0 radical (unpaired) electrons. The average molecular weight is 297 g/mol. The lowest BCUT2D eigenvalue weighted by Gasteiger charge is -2.24. The van der Waals surface area contributed by atoms with Gasteiger partial charge < -0.3 is 4.90 Å². The molecule has 2 nitrogen and oxygen atoms in total. The van der Waals surface area contributed by atoms with Crippen LogP contribution in [0.1, 0.15) is 64.1 Å². The molecule has 1 aromatic rings. The Kier molecular flexibility index (Phi) is 8.68. The van der Waals surface area contributed by atoms with Gasteiger partial charge in [0.05, 0.1) is 0 Å². The number of hydrogen-bond acceptors (Lipinski definition) is 2. The van der Waals surface area contributed by atoms with E-state index in [1.165, 1.54) is 36.9 Å². The van der Waals surface area contributed by atoms with Gasteiger partial charge in [-0.2, -0.15) is 0 Å². The summed E-state index contributed by atoms with van der Waals surface area (Å²) in [4.78, 5) is 7.28. The van der Waals surface area contributed by atoms with Gasteiger partial charge in [0.2, 0.25) is 0 Å².